The van der Waals surface area contributed by atoms with Crippen molar-refractivity contribution >= 4 is 11.7 Å². The Bertz CT molecular complexity index is 735. The second-order valence-electron chi connectivity index (χ2n) is 6.79. The van der Waals surface area contributed by atoms with Crippen LogP contribution in [-0.4, -0.2) is 48.4 Å². The van der Waals surface area contributed by atoms with Crippen molar-refractivity contribution in [2.45, 2.75) is 44.2 Å². The summed E-state index contributed by atoms with van der Waals surface area (Å²) < 4.78 is 3.34. The number of piperidine rings is 1. The van der Waals surface area contributed by atoms with E-state index in [1.165, 1.54) is 0 Å². The van der Waals surface area contributed by atoms with E-state index in [4.69, 9.17) is 0 Å². The molecule has 2 aromatic rings. The third-order valence-electron chi connectivity index (χ3n) is 4.85. The second-order valence-corrected chi connectivity index (χ2v) is 6.79. The molecular weight excluding hydrogens is 308 g/mol. The Balaban J connectivity index is 1.48. The topological polar surface area (TPSA) is 89.1 Å². The molecule has 2 aliphatic rings. The molecule has 2 fully saturated rings. The molecule has 24 heavy (non-hydrogen) atoms. The van der Waals surface area contributed by atoms with Crippen LogP contribution in [0.1, 0.15) is 37.4 Å². The Hall–Kier alpha value is -2.22. The Labute approximate surface area is 140 Å². The summed E-state index contributed by atoms with van der Waals surface area (Å²) in [6.07, 6.45) is 7.63. The van der Waals surface area contributed by atoms with E-state index in [2.05, 4.69) is 15.4 Å². The lowest BCUT2D eigenvalue weighted by Gasteiger charge is -2.30. The molecule has 128 valence electrons. The van der Waals surface area contributed by atoms with Gasteiger partial charge < -0.3 is 5.11 Å². The van der Waals surface area contributed by atoms with Crippen LogP contribution in [-0.2, 0) is 18.3 Å². The molecule has 0 radical (unpaired) electrons. The molecule has 1 N–H and O–H groups in total. The molecule has 0 spiro atoms. The zero-order valence-corrected chi connectivity index (χ0v) is 13.7. The first kappa shape index (κ1) is 15.3. The molecule has 1 amide bonds. The molecule has 0 aromatic carbocycles. The maximum Gasteiger partial charge on any atom is 0.253 e. The summed E-state index contributed by atoms with van der Waals surface area (Å²) in [7, 11) is 1.84. The molecule has 1 aliphatic carbocycles. The van der Waals surface area contributed by atoms with Crippen molar-refractivity contribution in [3.8, 4) is 0 Å². The predicted octanol–water partition coefficient (Wildman–Crippen LogP) is 0.693. The van der Waals surface area contributed by atoms with Crippen LogP contribution in [0.5, 0.6) is 0 Å². The van der Waals surface area contributed by atoms with E-state index in [1.807, 2.05) is 19.3 Å². The number of amides is 1. The fourth-order valence-electron chi connectivity index (χ4n) is 3.30. The first-order valence-electron chi connectivity index (χ1n) is 8.51. The number of carbonyl (C=O) groups is 1. The van der Waals surface area contributed by atoms with Crippen molar-refractivity contribution in [1.82, 2.24) is 24.8 Å². The third-order valence-corrected chi connectivity index (χ3v) is 4.85. The standard InChI is InChI=1S/C16H22N6O2/c1-20-8-6-15(18-20)21-7-2-3-13(16(21)24)22-10-12(17-19-22)9-14(23)11-4-5-11/h6,8,10-11,13-14,23H,2-5,7,9H2,1H3. The lowest BCUT2D eigenvalue weighted by atomic mass is 10.0. The van der Waals surface area contributed by atoms with Gasteiger partial charge in [0, 0.05) is 38.5 Å². The number of aryl methyl sites for hydroxylation is 1. The zero-order chi connectivity index (χ0) is 16.7. The van der Waals surface area contributed by atoms with E-state index >= 15 is 0 Å². The molecule has 8 heteroatoms. The lowest BCUT2D eigenvalue weighted by molar-refractivity contribution is -0.123. The first-order chi connectivity index (χ1) is 11.6. The lowest BCUT2D eigenvalue weighted by Crippen LogP contribution is -2.42. The minimum atomic E-state index is -0.347. The van der Waals surface area contributed by atoms with Gasteiger partial charge in [0.1, 0.15) is 6.04 Å². The number of nitrogens with zero attached hydrogens (tertiary/aromatic N) is 6. The molecule has 2 atom stereocenters. The summed E-state index contributed by atoms with van der Waals surface area (Å²) in [5, 5.41) is 22.7. The van der Waals surface area contributed by atoms with Crippen LogP contribution in [0.2, 0.25) is 0 Å². The molecule has 8 nitrogen and oxygen atoms in total. The minimum absolute atomic E-state index is 0.000795. The zero-order valence-electron chi connectivity index (χ0n) is 13.7. The van der Waals surface area contributed by atoms with Gasteiger partial charge in [0.25, 0.3) is 5.91 Å². The van der Waals surface area contributed by atoms with Gasteiger partial charge in [0.2, 0.25) is 0 Å². The average Bonchev–Trinajstić information content (AvgIpc) is 3.19. The van der Waals surface area contributed by atoms with Gasteiger partial charge in [0.15, 0.2) is 5.82 Å². The van der Waals surface area contributed by atoms with Crippen LogP contribution >= 0.6 is 0 Å². The van der Waals surface area contributed by atoms with Gasteiger partial charge in [-0.2, -0.15) is 5.10 Å². The molecule has 2 unspecified atom stereocenters. The van der Waals surface area contributed by atoms with Gasteiger partial charge in [-0.25, -0.2) is 4.68 Å². The molecule has 3 heterocycles. The van der Waals surface area contributed by atoms with Gasteiger partial charge in [-0.3, -0.25) is 14.4 Å². The highest BCUT2D eigenvalue weighted by molar-refractivity contribution is 5.95. The molecule has 1 saturated heterocycles. The Morgan fingerprint density at radius 2 is 2.21 bits per heavy atom. The maximum absolute atomic E-state index is 12.8. The number of rotatable bonds is 5. The van der Waals surface area contributed by atoms with Crippen LogP contribution in [0, 0.1) is 5.92 Å². The summed E-state index contributed by atoms with van der Waals surface area (Å²) >= 11 is 0. The predicted molar refractivity (Wildman–Crippen MR) is 86.3 cm³/mol. The SMILES string of the molecule is Cn1ccc(N2CCCC(n3cc(CC(O)C4CC4)nn3)C2=O)n1. The third kappa shape index (κ3) is 2.93. The van der Waals surface area contributed by atoms with Crippen molar-refractivity contribution in [3.63, 3.8) is 0 Å². The maximum atomic E-state index is 12.8. The fraction of sp³-hybridized carbons (Fsp3) is 0.625. The number of aromatic nitrogens is 5. The Kier molecular flexibility index (Phi) is 3.84. The van der Waals surface area contributed by atoms with Crippen molar-refractivity contribution in [3.05, 3.63) is 24.2 Å². The van der Waals surface area contributed by atoms with Crippen LogP contribution in [0.15, 0.2) is 18.5 Å². The fourth-order valence-corrected chi connectivity index (χ4v) is 3.30. The van der Waals surface area contributed by atoms with E-state index in [9.17, 15) is 9.90 Å². The summed E-state index contributed by atoms with van der Waals surface area (Å²) in [5.41, 5.74) is 0.747. The Morgan fingerprint density at radius 1 is 1.38 bits per heavy atom. The first-order valence-corrected chi connectivity index (χ1v) is 8.51. The summed E-state index contributed by atoms with van der Waals surface area (Å²) in [5.74, 6) is 1.09. The van der Waals surface area contributed by atoms with E-state index in [0.717, 1.165) is 31.4 Å². The van der Waals surface area contributed by atoms with E-state index in [-0.39, 0.29) is 18.1 Å². The van der Waals surface area contributed by atoms with Crippen LogP contribution in [0.3, 0.4) is 0 Å². The summed E-state index contributed by atoms with van der Waals surface area (Å²) in [6.45, 7) is 0.675. The van der Waals surface area contributed by atoms with E-state index < -0.39 is 0 Å². The van der Waals surface area contributed by atoms with Crippen LogP contribution in [0.4, 0.5) is 5.82 Å². The highest BCUT2D eigenvalue weighted by Gasteiger charge is 2.34. The minimum Gasteiger partial charge on any atom is -0.392 e. The quantitative estimate of drug-likeness (QED) is 0.871. The molecule has 2 aromatic heterocycles. The van der Waals surface area contributed by atoms with Crippen LogP contribution in [0.25, 0.3) is 0 Å². The van der Waals surface area contributed by atoms with Crippen molar-refractivity contribution in [2.75, 3.05) is 11.4 Å². The highest BCUT2D eigenvalue weighted by Crippen LogP contribution is 2.34. The summed E-state index contributed by atoms with van der Waals surface area (Å²) in [4.78, 5) is 14.5. The van der Waals surface area contributed by atoms with Gasteiger partial charge >= 0.3 is 0 Å². The molecule has 0 bridgehead atoms. The van der Waals surface area contributed by atoms with Crippen molar-refractivity contribution in [1.29, 1.82) is 0 Å². The van der Waals surface area contributed by atoms with Gasteiger partial charge in [0.05, 0.1) is 11.8 Å². The van der Waals surface area contributed by atoms with Crippen molar-refractivity contribution in [2.24, 2.45) is 13.0 Å². The smallest absolute Gasteiger partial charge is 0.253 e. The van der Waals surface area contributed by atoms with E-state index in [1.54, 1.807) is 20.5 Å². The Morgan fingerprint density at radius 3 is 2.92 bits per heavy atom. The number of anilines is 1. The highest BCUT2D eigenvalue weighted by atomic mass is 16.3. The number of carbonyl (C=O) groups excluding carboxylic acids is 1. The molecular formula is C16H22N6O2. The second kappa shape index (κ2) is 6.01. The largest absolute Gasteiger partial charge is 0.392 e. The van der Waals surface area contributed by atoms with E-state index in [0.29, 0.717) is 24.7 Å². The normalized spacial score (nSPS) is 22.8. The monoisotopic (exact) mass is 330 g/mol. The number of hydrogen-bond donors (Lipinski definition) is 1. The number of aliphatic hydroxyl groups excluding tert-OH is 1. The van der Waals surface area contributed by atoms with Gasteiger partial charge in [-0.15, -0.1) is 5.10 Å². The molecule has 4 rings (SSSR count). The molecule has 1 aliphatic heterocycles. The van der Waals surface area contributed by atoms with Gasteiger partial charge in [-0.1, -0.05) is 5.21 Å². The van der Waals surface area contributed by atoms with Crippen LogP contribution < -0.4 is 4.90 Å². The number of aliphatic hydroxyl groups is 1. The summed E-state index contributed by atoms with van der Waals surface area (Å²) in [6, 6.07) is 1.50. The van der Waals surface area contributed by atoms with Gasteiger partial charge in [-0.05, 0) is 31.6 Å². The van der Waals surface area contributed by atoms with Crippen molar-refractivity contribution < 1.29 is 9.90 Å². The molecule has 1 saturated carbocycles. The average molecular weight is 330 g/mol. The number of hydrogen-bond acceptors (Lipinski definition) is 5.